The molecule has 4 nitrogen and oxygen atoms in total. The molecule has 92 valence electrons. The molecule has 0 amide bonds. The van der Waals surface area contributed by atoms with Crippen LogP contribution in [0.5, 0.6) is 11.6 Å². The van der Waals surface area contributed by atoms with E-state index in [1.165, 1.54) is 22.7 Å². The second-order valence-electron chi connectivity index (χ2n) is 4.07. The molecule has 0 unspecified atom stereocenters. The smallest absolute Gasteiger partial charge is 0.224 e. The zero-order chi connectivity index (χ0) is 13.1. The number of nitrogens with zero attached hydrogens (tertiary/aromatic N) is 2. The molecule has 0 radical (unpaired) electrons. The van der Waals surface area contributed by atoms with Gasteiger partial charge in [-0.25, -0.2) is 4.98 Å². The normalized spacial score (nSPS) is 10.1. The molecule has 0 spiro atoms. The number of hydrogen-bond acceptors (Lipinski definition) is 3. The van der Waals surface area contributed by atoms with E-state index in [4.69, 9.17) is 10.1 Å². The maximum absolute atomic E-state index is 7.74. The summed E-state index contributed by atoms with van der Waals surface area (Å²) in [5.41, 5.74) is 2.51. The quantitative estimate of drug-likeness (QED) is 0.898. The molecule has 2 aromatic rings. The Morgan fingerprint density at radius 3 is 2.72 bits per heavy atom. The lowest BCUT2D eigenvalue weighted by atomic mass is 10.1. The summed E-state index contributed by atoms with van der Waals surface area (Å²) in [6.45, 7) is 7.61. The minimum Gasteiger partial charge on any atom is -0.439 e. The van der Waals surface area contributed by atoms with Crippen molar-refractivity contribution in [3.8, 4) is 11.6 Å². The Hall–Kier alpha value is -2.36. The topological polar surface area (TPSA) is 50.9 Å². The maximum atomic E-state index is 7.74. The predicted octanol–water partition coefficient (Wildman–Crippen LogP) is 2.87. The molecular formula is C14H15N3O. The molecule has 4 heteroatoms. The highest BCUT2D eigenvalue weighted by molar-refractivity contribution is 5.37. The first-order valence-corrected chi connectivity index (χ1v) is 5.60. The van der Waals surface area contributed by atoms with Crippen LogP contribution in [-0.2, 0) is 0 Å². The Morgan fingerprint density at radius 1 is 1.33 bits per heavy atom. The number of aryl methyl sites for hydroxylation is 2. The molecule has 0 aliphatic heterocycles. The van der Waals surface area contributed by atoms with Crippen LogP contribution < -0.4 is 10.2 Å². The fourth-order valence-electron chi connectivity index (χ4n) is 1.64. The summed E-state index contributed by atoms with van der Waals surface area (Å²) in [4.78, 5) is 4.12. The molecule has 0 fully saturated rings. The van der Waals surface area contributed by atoms with Crippen molar-refractivity contribution in [3.05, 3.63) is 53.8 Å². The molecule has 1 aromatic heterocycles. The van der Waals surface area contributed by atoms with Gasteiger partial charge >= 0.3 is 0 Å². The van der Waals surface area contributed by atoms with Gasteiger partial charge in [-0.05, 0) is 25.5 Å². The first-order valence-electron chi connectivity index (χ1n) is 5.60. The van der Waals surface area contributed by atoms with Crippen molar-refractivity contribution >= 4 is 6.20 Å². The molecule has 0 aliphatic carbocycles. The van der Waals surface area contributed by atoms with Gasteiger partial charge in [0.1, 0.15) is 17.6 Å². The number of rotatable bonds is 3. The third kappa shape index (κ3) is 2.48. The first kappa shape index (κ1) is 12.1. The van der Waals surface area contributed by atoms with Crippen molar-refractivity contribution < 1.29 is 4.74 Å². The monoisotopic (exact) mass is 241 g/mol. The molecule has 1 aromatic carbocycles. The summed E-state index contributed by atoms with van der Waals surface area (Å²) in [6, 6.07) is 7.49. The van der Waals surface area contributed by atoms with E-state index < -0.39 is 0 Å². The van der Waals surface area contributed by atoms with E-state index >= 15 is 0 Å². The standard InChI is InChI=1S/C14H15N3O/c1-4-17-9-16-14(8-13(17)15)18-12-6-5-10(2)7-11(12)3/h4-9,15H,1H2,2-3H3. The van der Waals surface area contributed by atoms with E-state index in [0.717, 1.165) is 11.3 Å². The molecule has 18 heavy (non-hydrogen) atoms. The number of ether oxygens (including phenoxy) is 1. The molecule has 0 bridgehead atoms. The zero-order valence-corrected chi connectivity index (χ0v) is 10.5. The SMILES string of the molecule is C=Cn1cnc(Oc2ccc(C)cc2C)cc1=N. The van der Waals surface area contributed by atoms with Crippen molar-refractivity contribution in [2.24, 2.45) is 0 Å². The molecule has 2 rings (SSSR count). The summed E-state index contributed by atoms with van der Waals surface area (Å²) in [5, 5.41) is 7.74. The highest BCUT2D eigenvalue weighted by Gasteiger charge is 2.03. The highest BCUT2D eigenvalue weighted by atomic mass is 16.5. The lowest BCUT2D eigenvalue weighted by Crippen LogP contribution is -2.14. The van der Waals surface area contributed by atoms with Crippen molar-refractivity contribution in [2.45, 2.75) is 13.8 Å². The third-order valence-electron chi connectivity index (χ3n) is 2.59. The van der Waals surface area contributed by atoms with Crippen molar-refractivity contribution in [2.75, 3.05) is 0 Å². The maximum Gasteiger partial charge on any atom is 0.224 e. The molecular weight excluding hydrogens is 226 g/mol. The van der Waals surface area contributed by atoms with Gasteiger partial charge < -0.3 is 4.74 Å². The fraction of sp³-hybridized carbons (Fsp3) is 0.143. The Labute approximate surface area is 106 Å². The van der Waals surface area contributed by atoms with Crippen LogP contribution in [0.3, 0.4) is 0 Å². The van der Waals surface area contributed by atoms with Crippen LogP contribution in [0.2, 0.25) is 0 Å². The van der Waals surface area contributed by atoms with Gasteiger partial charge in [0.15, 0.2) is 0 Å². The van der Waals surface area contributed by atoms with Gasteiger partial charge in [0.25, 0.3) is 0 Å². The van der Waals surface area contributed by atoms with Crippen LogP contribution in [0.1, 0.15) is 11.1 Å². The van der Waals surface area contributed by atoms with E-state index in [9.17, 15) is 0 Å². The molecule has 0 saturated heterocycles. The van der Waals surface area contributed by atoms with Crippen LogP contribution in [-0.4, -0.2) is 9.55 Å². The fourth-order valence-corrected chi connectivity index (χ4v) is 1.64. The molecule has 0 aliphatic rings. The van der Waals surface area contributed by atoms with Crippen LogP contribution in [0, 0.1) is 19.3 Å². The summed E-state index contributed by atoms with van der Waals surface area (Å²) in [5.74, 6) is 1.16. The highest BCUT2D eigenvalue weighted by Crippen LogP contribution is 2.23. The molecule has 1 heterocycles. The zero-order valence-electron chi connectivity index (χ0n) is 10.5. The average Bonchev–Trinajstić information content (AvgIpc) is 2.33. The van der Waals surface area contributed by atoms with Gasteiger partial charge in [-0.1, -0.05) is 24.3 Å². The lowest BCUT2D eigenvalue weighted by molar-refractivity contribution is 0.455. The molecule has 0 saturated carbocycles. The van der Waals surface area contributed by atoms with Crippen molar-refractivity contribution in [1.29, 1.82) is 5.41 Å². The van der Waals surface area contributed by atoms with Crippen molar-refractivity contribution in [3.63, 3.8) is 0 Å². The number of hydrogen-bond donors (Lipinski definition) is 1. The summed E-state index contributed by atoms with van der Waals surface area (Å²) >= 11 is 0. The van der Waals surface area contributed by atoms with Crippen LogP contribution in [0.15, 0.2) is 37.2 Å². The predicted molar refractivity (Wildman–Crippen MR) is 70.5 cm³/mol. The van der Waals surface area contributed by atoms with E-state index in [1.807, 2.05) is 32.0 Å². The van der Waals surface area contributed by atoms with Gasteiger partial charge in [0.05, 0.1) is 0 Å². The Bertz CT molecular complexity index is 644. The van der Waals surface area contributed by atoms with Gasteiger partial charge in [-0.3, -0.25) is 9.98 Å². The Morgan fingerprint density at radius 2 is 2.11 bits per heavy atom. The lowest BCUT2D eigenvalue weighted by Gasteiger charge is -2.09. The van der Waals surface area contributed by atoms with E-state index in [0.29, 0.717) is 5.88 Å². The number of aromatic nitrogens is 2. The van der Waals surface area contributed by atoms with Gasteiger partial charge in [-0.15, -0.1) is 0 Å². The van der Waals surface area contributed by atoms with Gasteiger partial charge in [-0.2, -0.15) is 0 Å². The van der Waals surface area contributed by atoms with E-state index in [1.54, 1.807) is 6.07 Å². The Kier molecular flexibility index (Phi) is 3.28. The van der Waals surface area contributed by atoms with E-state index in [2.05, 4.69) is 11.6 Å². The summed E-state index contributed by atoms with van der Waals surface area (Å²) in [6.07, 6.45) is 3.03. The first-order chi connectivity index (χ1) is 8.60. The minimum absolute atomic E-state index is 0.278. The van der Waals surface area contributed by atoms with Crippen LogP contribution in [0.25, 0.3) is 6.20 Å². The number of nitrogens with one attached hydrogen (secondary N) is 1. The average molecular weight is 241 g/mol. The minimum atomic E-state index is 0.278. The van der Waals surface area contributed by atoms with Gasteiger partial charge in [0.2, 0.25) is 5.88 Å². The third-order valence-corrected chi connectivity index (χ3v) is 2.59. The largest absolute Gasteiger partial charge is 0.439 e. The second kappa shape index (κ2) is 4.87. The van der Waals surface area contributed by atoms with Crippen molar-refractivity contribution in [1.82, 2.24) is 9.55 Å². The summed E-state index contributed by atoms with van der Waals surface area (Å²) in [7, 11) is 0. The second-order valence-corrected chi connectivity index (χ2v) is 4.07. The van der Waals surface area contributed by atoms with Crippen LogP contribution >= 0.6 is 0 Å². The van der Waals surface area contributed by atoms with Gasteiger partial charge in [0, 0.05) is 12.3 Å². The number of benzene rings is 1. The molecule has 1 N–H and O–H groups in total. The molecule has 0 atom stereocenters. The summed E-state index contributed by atoms with van der Waals surface area (Å²) < 4.78 is 7.17. The Balaban J connectivity index is 2.31. The van der Waals surface area contributed by atoms with Crippen LogP contribution in [0.4, 0.5) is 0 Å². The van der Waals surface area contributed by atoms with E-state index in [-0.39, 0.29) is 5.49 Å².